The maximum absolute atomic E-state index is 11.8. The average Bonchev–Trinajstić information content (AvgIpc) is 2.62. The number of ether oxygens (including phenoxy) is 1. The smallest absolute Gasteiger partial charge is 0.410 e. The van der Waals surface area contributed by atoms with Gasteiger partial charge < -0.3 is 19.9 Å². The van der Waals surface area contributed by atoms with Gasteiger partial charge in [0.2, 0.25) is 0 Å². The van der Waals surface area contributed by atoms with Gasteiger partial charge in [-0.1, -0.05) is 0 Å². The molecule has 0 bridgehead atoms. The molecular weight excluding hydrogens is 254 g/mol. The predicted octanol–water partition coefficient (Wildman–Crippen LogP) is 1.93. The number of hydrogen-bond donors (Lipinski definition) is 1. The summed E-state index contributed by atoms with van der Waals surface area (Å²) >= 11 is 0. The van der Waals surface area contributed by atoms with Crippen LogP contribution in [-0.2, 0) is 4.74 Å². The molecule has 0 saturated carbocycles. The monoisotopic (exact) mass is 285 g/mol. The Hall–Kier alpha value is -0.810. The Bertz CT molecular complexity index is 305. The van der Waals surface area contributed by atoms with Crippen LogP contribution in [-0.4, -0.2) is 67.3 Å². The summed E-state index contributed by atoms with van der Waals surface area (Å²) < 4.78 is 5.32. The van der Waals surface area contributed by atoms with Crippen LogP contribution in [0.15, 0.2) is 0 Å². The van der Waals surface area contributed by atoms with Crippen molar-refractivity contribution < 1.29 is 9.53 Å². The number of likely N-dealkylation sites (tertiary alicyclic amines) is 1. The Balaban J connectivity index is 2.13. The molecule has 1 aliphatic heterocycles. The average molecular weight is 285 g/mol. The number of amides is 1. The molecular formula is C15H31N3O2. The summed E-state index contributed by atoms with van der Waals surface area (Å²) in [5.74, 6) is 0. The van der Waals surface area contributed by atoms with Crippen molar-refractivity contribution in [1.29, 1.82) is 0 Å². The molecule has 1 fully saturated rings. The van der Waals surface area contributed by atoms with Crippen molar-refractivity contribution in [1.82, 2.24) is 15.1 Å². The first-order chi connectivity index (χ1) is 9.19. The normalized spacial score (nSPS) is 23.9. The zero-order valence-electron chi connectivity index (χ0n) is 13.9. The van der Waals surface area contributed by atoms with Crippen molar-refractivity contribution in [2.24, 2.45) is 0 Å². The van der Waals surface area contributed by atoms with Crippen molar-refractivity contribution in [3.8, 4) is 0 Å². The molecule has 0 aromatic carbocycles. The number of carbonyl (C=O) groups is 1. The standard InChI is InChI=1S/C15H31N3O2/c1-12-10-13(11-18(12)6)16-8-7-9-17(5)14(19)20-15(2,3)4/h12-13,16H,7-11H2,1-6H3. The Kier molecular flexibility index (Phi) is 6.27. The highest BCUT2D eigenvalue weighted by Gasteiger charge is 2.25. The fourth-order valence-electron chi connectivity index (χ4n) is 2.40. The minimum absolute atomic E-state index is 0.244. The molecule has 1 heterocycles. The molecule has 0 radical (unpaired) electrons. The third-order valence-corrected chi connectivity index (χ3v) is 3.69. The van der Waals surface area contributed by atoms with Crippen LogP contribution in [0.3, 0.4) is 0 Å². The van der Waals surface area contributed by atoms with Gasteiger partial charge in [-0.2, -0.15) is 0 Å². The van der Waals surface area contributed by atoms with Gasteiger partial charge in [-0.05, 0) is 54.1 Å². The van der Waals surface area contributed by atoms with Crippen LogP contribution in [0.5, 0.6) is 0 Å². The highest BCUT2D eigenvalue weighted by atomic mass is 16.6. The minimum Gasteiger partial charge on any atom is -0.444 e. The van der Waals surface area contributed by atoms with Crippen LogP contribution in [0.25, 0.3) is 0 Å². The lowest BCUT2D eigenvalue weighted by atomic mass is 10.2. The summed E-state index contributed by atoms with van der Waals surface area (Å²) in [6.07, 6.45) is 1.91. The number of nitrogens with one attached hydrogen (secondary N) is 1. The van der Waals surface area contributed by atoms with Crippen LogP contribution < -0.4 is 5.32 Å². The highest BCUT2D eigenvalue weighted by Crippen LogP contribution is 2.14. The summed E-state index contributed by atoms with van der Waals surface area (Å²) in [6, 6.07) is 1.25. The van der Waals surface area contributed by atoms with Crippen LogP contribution in [0.2, 0.25) is 0 Å². The second-order valence-corrected chi connectivity index (χ2v) is 6.93. The SMILES string of the molecule is CC1CC(NCCCN(C)C(=O)OC(C)(C)C)CN1C. The lowest BCUT2D eigenvalue weighted by Crippen LogP contribution is -2.37. The fourth-order valence-corrected chi connectivity index (χ4v) is 2.40. The number of rotatable bonds is 5. The second kappa shape index (κ2) is 7.27. The molecule has 1 rings (SSSR count). The molecule has 1 amide bonds. The van der Waals surface area contributed by atoms with Gasteiger partial charge in [0.1, 0.15) is 5.60 Å². The van der Waals surface area contributed by atoms with E-state index in [9.17, 15) is 4.79 Å². The van der Waals surface area contributed by atoms with Gasteiger partial charge in [0, 0.05) is 32.2 Å². The lowest BCUT2D eigenvalue weighted by Gasteiger charge is -2.24. The fraction of sp³-hybridized carbons (Fsp3) is 0.933. The van der Waals surface area contributed by atoms with E-state index in [1.165, 1.54) is 6.42 Å². The quantitative estimate of drug-likeness (QED) is 0.784. The zero-order valence-corrected chi connectivity index (χ0v) is 13.9. The van der Waals surface area contributed by atoms with E-state index >= 15 is 0 Å². The first-order valence-electron chi connectivity index (χ1n) is 7.57. The lowest BCUT2D eigenvalue weighted by molar-refractivity contribution is 0.0297. The molecule has 5 nitrogen and oxygen atoms in total. The molecule has 2 unspecified atom stereocenters. The van der Waals surface area contributed by atoms with Gasteiger partial charge in [-0.3, -0.25) is 0 Å². The summed E-state index contributed by atoms with van der Waals surface area (Å²) in [4.78, 5) is 15.8. The van der Waals surface area contributed by atoms with Crippen molar-refractivity contribution in [3.05, 3.63) is 0 Å². The Morgan fingerprint density at radius 3 is 2.60 bits per heavy atom. The zero-order chi connectivity index (χ0) is 15.3. The second-order valence-electron chi connectivity index (χ2n) is 6.93. The number of nitrogens with zero attached hydrogens (tertiary/aromatic N) is 2. The third kappa shape index (κ3) is 6.09. The van der Waals surface area contributed by atoms with E-state index in [0.717, 1.165) is 26.1 Å². The van der Waals surface area contributed by atoms with Crippen molar-refractivity contribution in [2.45, 2.75) is 58.2 Å². The maximum atomic E-state index is 11.8. The van der Waals surface area contributed by atoms with Gasteiger partial charge in [0.15, 0.2) is 0 Å². The highest BCUT2D eigenvalue weighted by molar-refractivity contribution is 5.67. The maximum Gasteiger partial charge on any atom is 0.410 e. The first-order valence-corrected chi connectivity index (χ1v) is 7.57. The number of hydrogen-bond acceptors (Lipinski definition) is 4. The van der Waals surface area contributed by atoms with Crippen molar-refractivity contribution in [2.75, 3.05) is 33.7 Å². The van der Waals surface area contributed by atoms with Crippen molar-refractivity contribution in [3.63, 3.8) is 0 Å². The molecule has 1 saturated heterocycles. The molecule has 5 heteroatoms. The van der Waals surface area contributed by atoms with E-state index in [2.05, 4.69) is 24.2 Å². The van der Waals surface area contributed by atoms with E-state index in [-0.39, 0.29) is 6.09 Å². The molecule has 0 aromatic rings. The van der Waals surface area contributed by atoms with Crippen LogP contribution in [0, 0.1) is 0 Å². The van der Waals surface area contributed by atoms with E-state index in [0.29, 0.717) is 12.1 Å². The molecule has 1 aliphatic rings. The van der Waals surface area contributed by atoms with E-state index in [1.54, 1.807) is 11.9 Å². The van der Waals surface area contributed by atoms with E-state index in [1.807, 2.05) is 20.8 Å². The Morgan fingerprint density at radius 1 is 1.45 bits per heavy atom. The van der Waals surface area contributed by atoms with Gasteiger partial charge >= 0.3 is 6.09 Å². The molecule has 0 aromatic heterocycles. The number of likely N-dealkylation sites (N-methyl/N-ethyl adjacent to an activating group) is 1. The van der Waals surface area contributed by atoms with Crippen molar-refractivity contribution >= 4 is 6.09 Å². The van der Waals surface area contributed by atoms with Gasteiger partial charge in [0.25, 0.3) is 0 Å². The Morgan fingerprint density at radius 2 is 2.10 bits per heavy atom. The van der Waals surface area contributed by atoms with Gasteiger partial charge in [-0.25, -0.2) is 4.79 Å². The minimum atomic E-state index is -0.422. The molecule has 0 spiro atoms. The molecule has 0 aliphatic carbocycles. The molecule has 2 atom stereocenters. The third-order valence-electron chi connectivity index (χ3n) is 3.69. The molecule has 1 N–H and O–H groups in total. The first kappa shape index (κ1) is 17.2. The Labute approximate surface area is 123 Å². The largest absolute Gasteiger partial charge is 0.444 e. The van der Waals surface area contributed by atoms with E-state index in [4.69, 9.17) is 4.74 Å². The topological polar surface area (TPSA) is 44.8 Å². The summed E-state index contributed by atoms with van der Waals surface area (Å²) in [6.45, 7) is 10.7. The van der Waals surface area contributed by atoms with Crippen LogP contribution in [0.4, 0.5) is 4.79 Å². The number of carbonyl (C=O) groups excluding carboxylic acids is 1. The van der Waals surface area contributed by atoms with Crippen LogP contribution >= 0.6 is 0 Å². The molecule has 118 valence electrons. The van der Waals surface area contributed by atoms with E-state index < -0.39 is 5.60 Å². The predicted molar refractivity (Wildman–Crippen MR) is 82.0 cm³/mol. The summed E-state index contributed by atoms with van der Waals surface area (Å²) in [5.41, 5.74) is -0.422. The summed E-state index contributed by atoms with van der Waals surface area (Å²) in [7, 11) is 3.96. The summed E-state index contributed by atoms with van der Waals surface area (Å²) in [5, 5.41) is 3.56. The molecule has 20 heavy (non-hydrogen) atoms. The van der Waals surface area contributed by atoms with Gasteiger partial charge in [-0.15, -0.1) is 0 Å². The van der Waals surface area contributed by atoms with Crippen LogP contribution in [0.1, 0.15) is 40.5 Å². The van der Waals surface area contributed by atoms with Gasteiger partial charge in [0.05, 0.1) is 0 Å².